The van der Waals surface area contributed by atoms with Crippen LogP contribution in [-0.2, 0) is 9.53 Å². The molecule has 0 saturated heterocycles. The second-order valence-corrected chi connectivity index (χ2v) is 4.79. The third kappa shape index (κ3) is 4.11. The fraction of sp³-hybridized carbons (Fsp3) is 0.111. The first-order chi connectivity index (χ1) is 11.5. The number of hydrogen-bond donors (Lipinski definition) is 0. The van der Waals surface area contributed by atoms with Crippen molar-refractivity contribution >= 4 is 23.2 Å². The number of hydrogen-bond acceptors (Lipinski definition) is 5. The van der Waals surface area contributed by atoms with Crippen LogP contribution in [0.25, 0.3) is 0 Å². The maximum atomic E-state index is 12.9. The lowest BCUT2D eigenvalue weighted by atomic mass is 10.1. The van der Waals surface area contributed by atoms with Gasteiger partial charge >= 0.3 is 5.97 Å². The van der Waals surface area contributed by atoms with E-state index >= 15 is 0 Å². The molecule has 0 bridgehead atoms. The van der Waals surface area contributed by atoms with Gasteiger partial charge in [-0.1, -0.05) is 12.1 Å². The Hall–Kier alpha value is -3.33. The van der Waals surface area contributed by atoms with Crippen LogP contribution in [0.5, 0.6) is 0 Å². The zero-order valence-corrected chi connectivity index (χ0v) is 12.8. The lowest BCUT2D eigenvalue weighted by Crippen LogP contribution is -2.19. The summed E-state index contributed by atoms with van der Waals surface area (Å²) in [4.78, 5) is 28.3. The highest BCUT2D eigenvalue weighted by atomic mass is 19.1. The van der Waals surface area contributed by atoms with Gasteiger partial charge in [0.2, 0.25) is 0 Å². The third-order valence-electron chi connectivity index (χ3n) is 3.20. The number of rotatable bonds is 5. The Labute approximate surface area is 138 Å². The van der Waals surface area contributed by atoms with Gasteiger partial charge in [-0.15, -0.1) is 0 Å². The van der Waals surface area contributed by atoms with Crippen molar-refractivity contribution in [3.63, 3.8) is 0 Å². The predicted octanol–water partition coefficient (Wildman–Crippen LogP) is 3.22. The number of halogens is 1. The maximum absolute atomic E-state index is 12.9. The first kappa shape index (κ1) is 17.0. The topological polar surface area (TPSA) is 79.5 Å². The normalized spacial score (nSPS) is 10.8. The maximum Gasteiger partial charge on any atom is 0.352 e. The molecule has 0 saturated carbocycles. The number of benzene rings is 2. The molecule has 2 aromatic carbocycles. The molecular weight excluding hydrogens is 311 g/mol. The van der Waals surface area contributed by atoms with Crippen molar-refractivity contribution in [3.8, 4) is 6.07 Å². The van der Waals surface area contributed by atoms with E-state index in [1.807, 2.05) is 6.07 Å². The molecule has 24 heavy (non-hydrogen) atoms. The molecule has 6 heteroatoms. The van der Waals surface area contributed by atoms with Crippen LogP contribution < -0.4 is 0 Å². The predicted molar refractivity (Wildman–Crippen MR) is 85.6 cm³/mol. The Bertz CT molecular complexity index is 836. The Balaban J connectivity index is 2.34. The second-order valence-electron chi connectivity index (χ2n) is 4.79. The lowest BCUT2D eigenvalue weighted by Gasteiger charge is -2.06. The van der Waals surface area contributed by atoms with Crippen molar-refractivity contribution in [2.75, 3.05) is 7.11 Å². The summed E-state index contributed by atoms with van der Waals surface area (Å²) in [7, 11) is 1.18. The summed E-state index contributed by atoms with van der Waals surface area (Å²) in [5, 5.41) is 9.08. The minimum absolute atomic E-state index is 0.130. The number of aliphatic imine (C=N–C) groups is 1. The summed E-state index contributed by atoms with van der Waals surface area (Å²) in [6, 6.07) is 13.4. The molecule has 0 atom stereocenters. The average Bonchev–Trinajstić information content (AvgIpc) is 2.61. The minimum Gasteiger partial charge on any atom is -0.465 e. The molecule has 0 fully saturated rings. The fourth-order valence-electron chi connectivity index (χ4n) is 1.98. The fourth-order valence-corrected chi connectivity index (χ4v) is 1.98. The van der Waals surface area contributed by atoms with Crippen molar-refractivity contribution < 1.29 is 18.7 Å². The third-order valence-corrected chi connectivity index (χ3v) is 3.20. The summed E-state index contributed by atoms with van der Waals surface area (Å²) in [6.07, 6.45) is -0.321. The van der Waals surface area contributed by atoms with Gasteiger partial charge in [0.25, 0.3) is 0 Å². The number of esters is 1. The van der Waals surface area contributed by atoms with E-state index in [1.165, 1.54) is 19.2 Å². The molecule has 0 spiro atoms. The Morgan fingerprint density at radius 1 is 1.17 bits per heavy atom. The van der Waals surface area contributed by atoms with E-state index in [-0.39, 0.29) is 28.9 Å². The number of ketones is 1. The van der Waals surface area contributed by atoms with E-state index in [0.717, 1.165) is 12.1 Å². The van der Waals surface area contributed by atoms with Crippen molar-refractivity contribution in [2.24, 2.45) is 4.99 Å². The van der Waals surface area contributed by atoms with Crippen LogP contribution in [0.4, 0.5) is 10.1 Å². The first-order valence-electron chi connectivity index (χ1n) is 6.99. The van der Waals surface area contributed by atoms with Gasteiger partial charge in [-0.05, 0) is 36.4 Å². The highest BCUT2D eigenvalue weighted by Crippen LogP contribution is 2.19. The SMILES string of the molecule is COC(=O)C(CC(=O)c1ccc(F)cc1)=Nc1ccccc1C#N. The molecular formula is C18H13FN2O3. The van der Waals surface area contributed by atoms with Gasteiger partial charge in [0.05, 0.1) is 24.8 Å². The molecule has 0 heterocycles. The summed E-state index contributed by atoms with van der Waals surface area (Å²) >= 11 is 0. The van der Waals surface area contributed by atoms with Crippen molar-refractivity contribution in [1.29, 1.82) is 5.26 Å². The molecule has 0 aliphatic carbocycles. The highest BCUT2D eigenvalue weighted by Gasteiger charge is 2.18. The number of methoxy groups -OCH3 is 1. The summed E-state index contributed by atoms with van der Waals surface area (Å²) < 4.78 is 17.6. The quantitative estimate of drug-likeness (QED) is 0.480. The van der Waals surface area contributed by atoms with E-state index < -0.39 is 17.6 Å². The molecule has 2 aromatic rings. The van der Waals surface area contributed by atoms with Crippen LogP contribution >= 0.6 is 0 Å². The van der Waals surface area contributed by atoms with E-state index in [4.69, 9.17) is 5.26 Å². The van der Waals surface area contributed by atoms with Crippen LogP contribution in [0.3, 0.4) is 0 Å². The van der Waals surface area contributed by atoms with Crippen molar-refractivity contribution in [2.45, 2.75) is 6.42 Å². The van der Waals surface area contributed by atoms with Crippen LogP contribution in [0.2, 0.25) is 0 Å². The lowest BCUT2D eigenvalue weighted by molar-refractivity contribution is -0.132. The van der Waals surface area contributed by atoms with E-state index in [9.17, 15) is 14.0 Å². The van der Waals surface area contributed by atoms with Gasteiger partial charge in [-0.2, -0.15) is 5.26 Å². The van der Waals surface area contributed by atoms with Crippen molar-refractivity contribution in [1.82, 2.24) is 0 Å². The molecule has 0 aliphatic rings. The minimum atomic E-state index is -0.766. The summed E-state index contributed by atoms with van der Waals surface area (Å²) in [6.45, 7) is 0. The first-order valence-corrected chi connectivity index (χ1v) is 6.99. The molecule has 0 amide bonds. The van der Waals surface area contributed by atoms with Gasteiger partial charge in [0, 0.05) is 5.56 Å². The molecule has 5 nitrogen and oxygen atoms in total. The van der Waals surface area contributed by atoms with Gasteiger partial charge in [-0.25, -0.2) is 14.2 Å². The number of para-hydroxylation sites is 1. The number of carbonyl (C=O) groups is 2. The standard InChI is InChI=1S/C18H13FN2O3/c1-24-18(23)16(21-15-5-3-2-4-13(15)11-20)10-17(22)12-6-8-14(19)9-7-12/h2-9H,10H2,1H3. The van der Waals surface area contributed by atoms with E-state index in [1.54, 1.807) is 24.3 Å². The number of Topliss-reactive ketones (excluding diaryl/α,β-unsaturated/α-hetero) is 1. The zero-order valence-electron chi connectivity index (χ0n) is 12.8. The van der Waals surface area contributed by atoms with Crippen LogP contribution in [0.1, 0.15) is 22.3 Å². The van der Waals surface area contributed by atoms with Crippen LogP contribution in [0, 0.1) is 17.1 Å². The van der Waals surface area contributed by atoms with Gasteiger partial charge in [0.15, 0.2) is 5.78 Å². The number of ether oxygens (including phenoxy) is 1. The number of carbonyl (C=O) groups excluding carboxylic acids is 2. The molecule has 0 N–H and O–H groups in total. The highest BCUT2D eigenvalue weighted by molar-refractivity contribution is 6.41. The molecule has 2 rings (SSSR count). The average molecular weight is 324 g/mol. The van der Waals surface area contributed by atoms with Crippen molar-refractivity contribution in [3.05, 3.63) is 65.5 Å². The smallest absolute Gasteiger partial charge is 0.352 e. The van der Waals surface area contributed by atoms with Crippen LogP contribution in [0.15, 0.2) is 53.5 Å². The van der Waals surface area contributed by atoms with Crippen LogP contribution in [-0.4, -0.2) is 24.6 Å². The molecule has 0 aromatic heterocycles. The largest absolute Gasteiger partial charge is 0.465 e. The molecule has 120 valence electrons. The number of nitriles is 1. The molecule has 0 aliphatic heterocycles. The van der Waals surface area contributed by atoms with E-state index in [0.29, 0.717) is 0 Å². The van der Waals surface area contributed by atoms with Gasteiger partial charge < -0.3 is 4.74 Å². The zero-order chi connectivity index (χ0) is 17.5. The summed E-state index contributed by atoms with van der Waals surface area (Å²) in [5.41, 5.74) is 0.663. The Morgan fingerprint density at radius 3 is 2.46 bits per heavy atom. The second kappa shape index (κ2) is 7.79. The number of nitrogens with zero attached hydrogens (tertiary/aromatic N) is 2. The Morgan fingerprint density at radius 2 is 1.83 bits per heavy atom. The Kier molecular flexibility index (Phi) is 5.53. The summed E-state index contributed by atoms with van der Waals surface area (Å²) in [5.74, 6) is -1.64. The van der Waals surface area contributed by atoms with Gasteiger partial charge in [-0.3, -0.25) is 4.79 Å². The van der Waals surface area contributed by atoms with Gasteiger partial charge in [0.1, 0.15) is 17.6 Å². The molecule has 0 radical (unpaired) electrons. The van der Waals surface area contributed by atoms with E-state index in [2.05, 4.69) is 9.73 Å². The molecule has 0 unspecified atom stereocenters. The monoisotopic (exact) mass is 324 g/mol.